The van der Waals surface area contributed by atoms with Crippen LogP contribution in [0.1, 0.15) is 20.8 Å². The maximum atomic E-state index is 12.7. The number of thiazole rings is 1. The van der Waals surface area contributed by atoms with Gasteiger partial charge in [0.1, 0.15) is 0 Å². The van der Waals surface area contributed by atoms with E-state index in [0.29, 0.717) is 5.13 Å². The molecule has 6 heteroatoms. The maximum Gasteiger partial charge on any atom is 0.267 e. The fourth-order valence-corrected chi connectivity index (χ4v) is 5.20. The molecule has 27 heavy (non-hydrogen) atoms. The van der Waals surface area contributed by atoms with E-state index in [-0.39, 0.29) is 5.91 Å². The van der Waals surface area contributed by atoms with Crippen LogP contribution in [0.2, 0.25) is 0 Å². The fraction of sp³-hybridized carbons (Fsp3) is 0.0952. The zero-order valence-electron chi connectivity index (χ0n) is 14.3. The molecule has 1 aliphatic rings. The van der Waals surface area contributed by atoms with Gasteiger partial charge in [-0.05, 0) is 47.7 Å². The number of anilines is 1. The van der Waals surface area contributed by atoms with Crippen LogP contribution in [0.3, 0.4) is 0 Å². The van der Waals surface area contributed by atoms with Crippen LogP contribution in [0.25, 0.3) is 21.7 Å². The summed E-state index contributed by atoms with van der Waals surface area (Å²) in [6, 6.07) is 14.3. The summed E-state index contributed by atoms with van der Waals surface area (Å²) in [5, 5.41) is 5.48. The lowest BCUT2D eigenvalue weighted by atomic mass is 9.91. The molecule has 132 valence electrons. The van der Waals surface area contributed by atoms with Crippen molar-refractivity contribution in [1.29, 1.82) is 0 Å². The number of amides is 1. The molecule has 0 bridgehead atoms. The summed E-state index contributed by atoms with van der Waals surface area (Å²) in [4.78, 5) is 23.3. The van der Waals surface area contributed by atoms with Crippen molar-refractivity contribution in [2.24, 2.45) is 0 Å². The molecule has 0 saturated heterocycles. The smallest absolute Gasteiger partial charge is 0.267 e. The number of rotatable bonds is 3. The molecule has 0 aliphatic heterocycles. The van der Waals surface area contributed by atoms with Crippen molar-refractivity contribution in [3.8, 4) is 21.7 Å². The maximum absolute atomic E-state index is 12.7. The molecule has 3 heterocycles. The lowest BCUT2D eigenvalue weighted by Gasteiger charge is -2.15. The van der Waals surface area contributed by atoms with Crippen LogP contribution in [0.15, 0.2) is 60.2 Å². The molecule has 1 N–H and O–H groups in total. The Bertz CT molecular complexity index is 1130. The van der Waals surface area contributed by atoms with Crippen molar-refractivity contribution in [2.45, 2.75) is 12.8 Å². The van der Waals surface area contributed by atoms with Crippen molar-refractivity contribution < 1.29 is 4.79 Å². The average Bonchev–Trinajstić information content (AvgIpc) is 3.36. The van der Waals surface area contributed by atoms with Crippen molar-refractivity contribution >= 4 is 33.7 Å². The molecule has 0 unspecified atom stereocenters. The molecule has 5 rings (SSSR count). The van der Waals surface area contributed by atoms with Crippen molar-refractivity contribution in [1.82, 2.24) is 9.97 Å². The third-order valence-electron chi connectivity index (χ3n) is 4.64. The van der Waals surface area contributed by atoms with Crippen LogP contribution in [0.5, 0.6) is 0 Å². The number of nitrogens with zero attached hydrogens (tertiary/aromatic N) is 2. The first kappa shape index (κ1) is 16.4. The van der Waals surface area contributed by atoms with E-state index in [1.54, 1.807) is 23.7 Å². The van der Waals surface area contributed by atoms with Gasteiger partial charge in [0.2, 0.25) is 0 Å². The standard InChI is InChI=1S/C21H15N3OS2/c25-20(24-21-23-17(12-26-21)15-5-3-9-22-11-15)18-10-14-8-7-13-4-1-2-6-16(13)19(14)27-18/h1-6,9-12H,7-8H2,(H,23,24,25). The second-order valence-electron chi connectivity index (χ2n) is 6.36. The van der Waals surface area contributed by atoms with E-state index < -0.39 is 0 Å². The van der Waals surface area contributed by atoms with E-state index in [9.17, 15) is 4.79 Å². The van der Waals surface area contributed by atoms with Crippen molar-refractivity contribution in [2.75, 3.05) is 5.32 Å². The molecule has 1 amide bonds. The third kappa shape index (κ3) is 3.07. The molecule has 3 aromatic heterocycles. The Balaban J connectivity index is 1.39. The molecule has 1 aliphatic carbocycles. The van der Waals surface area contributed by atoms with Gasteiger partial charge in [-0.3, -0.25) is 15.1 Å². The Morgan fingerprint density at radius 1 is 1.07 bits per heavy atom. The van der Waals surface area contributed by atoms with Crippen LogP contribution in [-0.4, -0.2) is 15.9 Å². The minimum Gasteiger partial charge on any atom is -0.297 e. The van der Waals surface area contributed by atoms with Gasteiger partial charge in [-0.15, -0.1) is 22.7 Å². The summed E-state index contributed by atoms with van der Waals surface area (Å²) in [5.41, 5.74) is 5.65. The number of aryl methyl sites for hydroxylation is 2. The number of aromatic nitrogens is 2. The molecule has 0 radical (unpaired) electrons. The fourth-order valence-electron chi connectivity index (χ4n) is 3.32. The van der Waals surface area contributed by atoms with Gasteiger partial charge in [-0.2, -0.15) is 0 Å². The van der Waals surface area contributed by atoms with Gasteiger partial charge >= 0.3 is 0 Å². The Kier molecular flexibility index (Phi) is 4.07. The Hall–Kier alpha value is -2.83. The predicted octanol–water partition coefficient (Wildman–Crippen LogP) is 5.28. The average molecular weight is 390 g/mol. The van der Waals surface area contributed by atoms with Crippen LogP contribution in [-0.2, 0) is 12.8 Å². The van der Waals surface area contributed by atoms with Gasteiger partial charge in [0.15, 0.2) is 5.13 Å². The number of benzene rings is 1. The van der Waals surface area contributed by atoms with E-state index in [2.05, 4.69) is 39.6 Å². The van der Waals surface area contributed by atoms with Crippen LogP contribution in [0, 0.1) is 0 Å². The molecule has 0 atom stereocenters. The molecule has 0 spiro atoms. The minimum absolute atomic E-state index is 0.0982. The number of carbonyl (C=O) groups excluding carboxylic acids is 1. The van der Waals surface area contributed by atoms with E-state index in [1.807, 2.05) is 23.6 Å². The summed E-state index contributed by atoms with van der Waals surface area (Å²) >= 11 is 2.99. The van der Waals surface area contributed by atoms with Crippen LogP contribution >= 0.6 is 22.7 Å². The zero-order valence-corrected chi connectivity index (χ0v) is 15.9. The van der Waals surface area contributed by atoms with E-state index in [1.165, 1.54) is 32.9 Å². The summed E-state index contributed by atoms with van der Waals surface area (Å²) < 4.78 is 0. The Morgan fingerprint density at radius 2 is 1.96 bits per heavy atom. The lowest BCUT2D eigenvalue weighted by Crippen LogP contribution is -2.09. The second-order valence-corrected chi connectivity index (χ2v) is 8.27. The normalized spacial score (nSPS) is 12.3. The minimum atomic E-state index is -0.0982. The lowest BCUT2D eigenvalue weighted by molar-refractivity contribution is 0.103. The molecule has 4 nitrogen and oxygen atoms in total. The molecule has 0 fully saturated rings. The first-order chi connectivity index (χ1) is 13.3. The largest absolute Gasteiger partial charge is 0.297 e. The summed E-state index contributed by atoms with van der Waals surface area (Å²) in [5.74, 6) is -0.0982. The topological polar surface area (TPSA) is 54.9 Å². The van der Waals surface area contributed by atoms with Crippen molar-refractivity contribution in [3.05, 3.63) is 76.2 Å². The number of nitrogens with one attached hydrogen (secondary N) is 1. The number of hydrogen-bond acceptors (Lipinski definition) is 5. The van der Waals surface area contributed by atoms with Gasteiger partial charge in [0, 0.05) is 28.2 Å². The number of hydrogen-bond donors (Lipinski definition) is 1. The Labute approximate surface area is 164 Å². The van der Waals surface area contributed by atoms with Gasteiger partial charge in [-0.25, -0.2) is 4.98 Å². The first-order valence-corrected chi connectivity index (χ1v) is 10.4. The summed E-state index contributed by atoms with van der Waals surface area (Å²) in [7, 11) is 0. The van der Waals surface area contributed by atoms with E-state index >= 15 is 0 Å². The molecular weight excluding hydrogens is 374 g/mol. The molecule has 4 aromatic rings. The van der Waals surface area contributed by atoms with Crippen LogP contribution < -0.4 is 5.32 Å². The number of pyridine rings is 1. The summed E-state index contributed by atoms with van der Waals surface area (Å²) in [6.07, 6.45) is 5.52. The Morgan fingerprint density at radius 3 is 2.85 bits per heavy atom. The van der Waals surface area contributed by atoms with Gasteiger partial charge in [-0.1, -0.05) is 24.3 Å². The SMILES string of the molecule is O=C(Nc1nc(-c2cccnc2)cs1)c1cc2c(s1)-c1ccccc1CC2. The third-order valence-corrected chi connectivity index (χ3v) is 6.61. The predicted molar refractivity (Wildman–Crippen MR) is 110 cm³/mol. The van der Waals surface area contributed by atoms with Crippen LogP contribution in [0.4, 0.5) is 5.13 Å². The second kappa shape index (κ2) is 6.72. The number of carbonyl (C=O) groups is 1. The summed E-state index contributed by atoms with van der Waals surface area (Å²) in [6.45, 7) is 0. The highest BCUT2D eigenvalue weighted by Crippen LogP contribution is 2.39. The molecule has 0 saturated carbocycles. The van der Waals surface area contributed by atoms with Crippen molar-refractivity contribution in [3.63, 3.8) is 0 Å². The number of fused-ring (bicyclic) bond motifs is 3. The highest BCUT2D eigenvalue weighted by Gasteiger charge is 2.21. The highest BCUT2D eigenvalue weighted by atomic mass is 32.1. The van der Waals surface area contributed by atoms with Gasteiger partial charge in [0.25, 0.3) is 5.91 Å². The molecular formula is C21H15N3OS2. The van der Waals surface area contributed by atoms with Gasteiger partial charge < -0.3 is 0 Å². The highest BCUT2D eigenvalue weighted by molar-refractivity contribution is 7.18. The number of thiophene rings is 1. The molecule has 1 aromatic carbocycles. The van der Waals surface area contributed by atoms with Gasteiger partial charge in [0.05, 0.1) is 10.6 Å². The quantitative estimate of drug-likeness (QED) is 0.518. The van der Waals surface area contributed by atoms with E-state index in [0.717, 1.165) is 29.0 Å². The van der Waals surface area contributed by atoms with E-state index in [4.69, 9.17) is 0 Å². The zero-order chi connectivity index (χ0) is 18.2. The first-order valence-electron chi connectivity index (χ1n) is 8.66. The monoisotopic (exact) mass is 389 g/mol.